The second-order valence-corrected chi connectivity index (χ2v) is 6.38. The molecule has 3 N–H and O–H groups in total. The van der Waals surface area contributed by atoms with E-state index in [9.17, 15) is 9.50 Å². The van der Waals surface area contributed by atoms with E-state index in [1.54, 1.807) is 6.33 Å². The van der Waals surface area contributed by atoms with Gasteiger partial charge in [0.1, 0.15) is 36.4 Å². The molecule has 2 heterocycles. The summed E-state index contributed by atoms with van der Waals surface area (Å²) in [5, 5.41) is 20.9. The number of aromatic nitrogens is 3. The van der Waals surface area contributed by atoms with Crippen LogP contribution in [0.3, 0.4) is 0 Å². The van der Waals surface area contributed by atoms with Crippen LogP contribution in [0.4, 0.5) is 4.39 Å². The Morgan fingerprint density at radius 3 is 3.04 bits per heavy atom. The predicted molar refractivity (Wildman–Crippen MR) is 99.1 cm³/mol. The second kappa shape index (κ2) is 9.31. The Kier molecular flexibility index (Phi) is 6.59. The minimum absolute atomic E-state index is 0.0836. The number of ether oxygens (including phenoxy) is 1. The number of aliphatic imine (C=N–C) groups is 1. The average molecular weight is 376 g/mol. The third-order valence-electron chi connectivity index (χ3n) is 4.21. The molecule has 2 aromatic rings. The third-order valence-corrected chi connectivity index (χ3v) is 4.21. The normalized spacial score (nSPS) is 17.9. The van der Waals surface area contributed by atoms with Crippen LogP contribution in [-0.4, -0.2) is 57.7 Å². The van der Waals surface area contributed by atoms with Crippen molar-refractivity contribution in [3.05, 3.63) is 42.2 Å². The Morgan fingerprint density at radius 1 is 1.44 bits per heavy atom. The second-order valence-electron chi connectivity index (χ2n) is 6.38. The lowest BCUT2D eigenvalue weighted by Crippen LogP contribution is -2.47. The maximum Gasteiger partial charge on any atom is 0.191 e. The van der Waals surface area contributed by atoms with Crippen LogP contribution in [0, 0.1) is 5.82 Å². The van der Waals surface area contributed by atoms with E-state index in [0.29, 0.717) is 11.7 Å². The molecular weight excluding hydrogens is 351 g/mol. The van der Waals surface area contributed by atoms with Crippen LogP contribution in [0.1, 0.15) is 19.2 Å². The first-order valence-corrected chi connectivity index (χ1v) is 9.12. The van der Waals surface area contributed by atoms with Gasteiger partial charge in [0.2, 0.25) is 0 Å². The van der Waals surface area contributed by atoms with Crippen LogP contribution < -0.4 is 15.4 Å². The number of hydrogen-bond acceptors (Lipinski definition) is 5. The lowest BCUT2D eigenvalue weighted by molar-refractivity contribution is 0.114. The third kappa shape index (κ3) is 5.65. The molecule has 2 atom stereocenters. The number of fused-ring (bicyclic) bond motifs is 1. The van der Waals surface area contributed by atoms with Gasteiger partial charge in [-0.05, 0) is 37.6 Å². The molecule has 27 heavy (non-hydrogen) atoms. The molecule has 0 amide bonds. The van der Waals surface area contributed by atoms with E-state index in [0.717, 1.165) is 31.8 Å². The summed E-state index contributed by atoms with van der Waals surface area (Å²) in [5.74, 6) is 1.83. The predicted octanol–water partition coefficient (Wildman–Crippen LogP) is 0.727. The van der Waals surface area contributed by atoms with Crippen molar-refractivity contribution >= 4 is 5.96 Å². The number of aliphatic hydroxyl groups excluding tert-OH is 1. The van der Waals surface area contributed by atoms with Gasteiger partial charge in [0, 0.05) is 19.0 Å². The Morgan fingerprint density at radius 2 is 2.26 bits per heavy atom. The zero-order chi connectivity index (χ0) is 19.1. The van der Waals surface area contributed by atoms with Gasteiger partial charge in [-0.3, -0.25) is 4.99 Å². The van der Waals surface area contributed by atoms with Gasteiger partial charge < -0.3 is 20.5 Å². The Hall–Kier alpha value is -2.68. The standard InChI is InChI=1S/C18H25FN6O2/c1-2-20-18(24-14-5-8-17-22-12-23-25(17)10-14)21-9-15(26)11-27-16-6-3-13(19)4-7-16/h3-4,6-7,12,14-15,26H,2,5,8-11H2,1H3,(H2,20,21,24). The molecule has 1 aromatic heterocycles. The SMILES string of the molecule is CCNC(=NCC(O)COc1ccc(F)cc1)NC1CCc2ncnn2C1. The van der Waals surface area contributed by atoms with Crippen molar-refractivity contribution in [2.45, 2.75) is 38.5 Å². The van der Waals surface area contributed by atoms with Crippen molar-refractivity contribution < 1.29 is 14.2 Å². The molecule has 0 saturated carbocycles. The van der Waals surface area contributed by atoms with E-state index in [4.69, 9.17) is 4.74 Å². The number of aliphatic hydroxyl groups is 1. The smallest absolute Gasteiger partial charge is 0.191 e. The number of nitrogens with one attached hydrogen (secondary N) is 2. The first-order valence-electron chi connectivity index (χ1n) is 9.12. The summed E-state index contributed by atoms with van der Waals surface area (Å²) in [6, 6.07) is 5.89. The number of hydrogen-bond donors (Lipinski definition) is 3. The number of halogens is 1. The van der Waals surface area contributed by atoms with E-state index in [1.807, 2.05) is 11.6 Å². The van der Waals surface area contributed by atoms with Gasteiger partial charge in [0.15, 0.2) is 5.96 Å². The highest BCUT2D eigenvalue weighted by Crippen LogP contribution is 2.12. The molecular formula is C18H25FN6O2. The van der Waals surface area contributed by atoms with Gasteiger partial charge in [-0.1, -0.05) is 0 Å². The molecule has 146 valence electrons. The highest BCUT2D eigenvalue weighted by Gasteiger charge is 2.20. The molecule has 9 heteroatoms. The topological polar surface area (TPSA) is 96.6 Å². The summed E-state index contributed by atoms with van der Waals surface area (Å²) in [4.78, 5) is 8.66. The van der Waals surface area contributed by atoms with E-state index < -0.39 is 6.10 Å². The zero-order valence-corrected chi connectivity index (χ0v) is 15.3. The van der Waals surface area contributed by atoms with Gasteiger partial charge in [-0.25, -0.2) is 14.1 Å². The van der Waals surface area contributed by atoms with Crippen LogP contribution >= 0.6 is 0 Å². The maximum atomic E-state index is 12.9. The van der Waals surface area contributed by atoms with Crippen molar-refractivity contribution in [1.29, 1.82) is 0 Å². The maximum absolute atomic E-state index is 12.9. The minimum atomic E-state index is -0.765. The van der Waals surface area contributed by atoms with E-state index in [-0.39, 0.29) is 25.0 Å². The van der Waals surface area contributed by atoms with Crippen LogP contribution in [0.15, 0.2) is 35.6 Å². The van der Waals surface area contributed by atoms with E-state index in [2.05, 4.69) is 25.7 Å². The molecule has 1 aliphatic rings. The van der Waals surface area contributed by atoms with Crippen LogP contribution in [-0.2, 0) is 13.0 Å². The van der Waals surface area contributed by atoms with Gasteiger partial charge in [0.05, 0.1) is 13.1 Å². The van der Waals surface area contributed by atoms with Crippen molar-refractivity contribution in [2.75, 3.05) is 19.7 Å². The van der Waals surface area contributed by atoms with Crippen LogP contribution in [0.2, 0.25) is 0 Å². The first kappa shape index (κ1) is 19.1. The molecule has 0 spiro atoms. The van der Waals surface area contributed by atoms with Crippen LogP contribution in [0.25, 0.3) is 0 Å². The number of nitrogens with zero attached hydrogens (tertiary/aromatic N) is 4. The quantitative estimate of drug-likeness (QED) is 0.487. The summed E-state index contributed by atoms with van der Waals surface area (Å²) in [5.41, 5.74) is 0. The first-order chi connectivity index (χ1) is 13.1. The fourth-order valence-electron chi connectivity index (χ4n) is 2.84. The van der Waals surface area contributed by atoms with Gasteiger partial charge in [-0.15, -0.1) is 0 Å². The molecule has 8 nitrogen and oxygen atoms in total. The van der Waals surface area contributed by atoms with Crippen LogP contribution in [0.5, 0.6) is 5.75 Å². The molecule has 0 saturated heterocycles. The molecule has 0 aliphatic carbocycles. The van der Waals surface area contributed by atoms with Crippen molar-refractivity contribution in [1.82, 2.24) is 25.4 Å². The Labute approximate surface area is 157 Å². The van der Waals surface area contributed by atoms with Crippen molar-refractivity contribution in [2.24, 2.45) is 4.99 Å². The van der Waals surface area contributed by atoms with E-state index in [1.165, 1.54) is 24.3 Å². The lowest BCUT2D eigenvalue weighted by Gasteiger charge is -2.25. The number of aryl methyl sites for hydroxylation is 1. The molecule has 0 fully saturated rings. The summed E-state index contributed by atoms with van der Waals surface area (Å²) in [7, 11) is 0. The highest BCUT2D eigenvalue weighted by molar-refractivity contribution is 5.80. The van der Waals surface area contributed by atoms with Gasteiger partial charge >= 0.3 is 0 Å². The number of benzene rings is 1. The fraction of sp³-hybridized carbons (Fsp3) is 0.500. The lowest BCUT2D eigenvalue weighted by atomic mass is 10.1. The zero-order valence-electron chi connectivity index (χ0n) is 15.3. The Bertz CT molecular complexity index is 749. The van der Waals surface area contributed by atoms with E-state index >= 15 is 0 Å². The average Bonchev–Trinajstić information content (AvgIpc) is 3.13. The summed E-state index contributed by atoms with van der Waals surface area (Å²) in [6.45, 7) is 3.71. The van der Waals surface area contributed by atoms with Gasteiger partial charge in [0.25, 0.3) is 0 Å². The fourth-order valence-corrected chi connectivity index (χ4v) is 2.84. The summed E-state index contributed by atoms with van der Waals surface area (Å²) in [6.07, 6.45) is 2.62. The van der Waals surface area contributed by atoms with Gasteiger partial charge in [-0.2, -0.15) is 5.10 Å². The minimum Gasteiger partial charge on any atom is -0.491 e. The summed E-state index contributed by atoms with van der Waals surface area (Å²) < 4.78 is 20.2. The van der Waals surface area contributed by atoms with Crippen molar-refractivity contribution in [3.63, 3.8) is 0 Å². The summed E-state index contributed by atoms with van der Waals surface area (Å²) >= 11 is 0. The number of guanidine groups is 1. The highest BCUT2D eigenvalue weighted by atomic mass is 19.1. The molecule has 1 aromatic carbocycles. The Balaban J connectivity index is 1.48. The van der Waals surface area contributed by atoms with Crippen molar-refractivity contribution in [3.8, 4) is 5.75 Å². The monoisotopic (exact) mass is 376 g/mol. The molecule has 2 unspecified atom stereocenters. The number of rotatable bonds is 7. The largest absolute Gasteiger partial charge is 0.491 e. The molecule has 1 aliphatic heterocycles. The molecule has 3 rings (SSSR count). The molecule has 0 radical (unpaired) electrons. The molecule has 0 bridgehead atoms.